The van der Waals surface area contributed by atoms with E-state index in [0.717, 1.165) is 19.3 Å². The minimum absolute atomic E-state index is 0.0269. The number of rotatable bonds is 17. The first-order valence-corrected chi connectivity index (χ1v) is 17.8. The minimum atomic E-state index is -4.60. The number of ether oxygens (including phenoxy) is 3. The molecule has 1 aliphatic rings. The van der Waals surface area contributed by atoms with Crippen LogP contribution in [0, 0.1) is 18.4 Å². The highest BCUT2D eigenvalue weighted by Gasteiger charge is 2.53. The molecule has 17 heteroatoms. The Balaban J connectivity index is 1.44. The summed E-state index contributed by atoms with van der Waals surface area (Å²) in [6.45, 7) is 1.41. The Morgan fingerprint density at radius 2 is 1.90 bits per heavy atom. The zero-order valence-electron chi connectivity index (χ0n) is 27.7. The maximum Gasteiger partial charge on any atom is 0.508 e. The molecule has 4 aromatic rings. The number of carbonyl (C=O) groups is 2. The van der Waals surface area contributed by atoms with Crippen LogP contribution in [-0.2, 0) is 34.5 Å². The van der Waals surface area contributed by atoms with E-state index in [-0.39, 0.29) is 42.2 Å². The molecule has 0 aliphatic carbocycles. The van der Waals surface area contributed by atoms with Gasteiger partial charge in [-0.1, -0.05) is 80.6 Å². The highest BCUT2D eigenvalue weighted by atomic mass is 31.2. The predicted octanol–water partition coefficient (Wildman–Crippen LogP) is 5.43. The number of aromatic nitrogens is 4. The summed E-state index contributed by atoms with van der Waals surface area (Å²) >= 11 is 0. The smallest absolute Gasteiger partial charge is 0.480 e. The van der Waals surface area contributed by atoms with Gasteiger partial charge in [0.15, 0.2) is 28.7 Å². The molecular weight excluding hydrogens is 686 g/mol. The van der Waals surface area contributed by atoms with Gasteiger partial charge in [-0.2, -0.15) is 19.4 Å². The molecule has 15 nitrogen and oxygen atoms in total. The van der Waals surface area contributed by atoms with Crippen molar-refractivity contribution < 1.29 is 46.9 Å². The van der Waals surface area contributed by atoms with Gasteiger partial charge in [0, 0.05) is 6.42 Å². The van der Waals surface area contributed by atoms with Gasteiger partial charge in [-0.15, -0.1) is 6.42 Å². The molecule has 2 aromatic heterocycles. The van der Waals surface area contributed by atoms with Crippen molar-refractivity contribution in [3.05, 3.63) is 78.6 Å². The molecule has 2 aromatic carbocycles. The molecule has 5 rings (SSSR count). The number of nitrogens with zero attached hydrogens (tertiary/aromatic N) is 4. The zero-order chi connectivity index (χ0) is 36.4. The summed E-state index contributed by atoms with van der Waals surface area (Å²) in [6.07, 6.45) is 6.00. The topological polar surface area (TPSA) is 199 Å². The maximum atomic E-state index is 14.5. The number of imidazole rings is 1. The first kappa shape index (κ1) is 37.2. The standard InChI is InChI=1S/C34H38FN6O9P/c1-3-5-6-13-18-46-33(44)48-26-20-27(41-22-37-28-29(36)38-32(35)39-30(28)41)49-34(26,4-2)21-47-51(45,50-24-16-11-8-12-17-24)40-25(31(42)43)19-23-14-9-7-10-15-23/h2,7-12,14-17,22,25-27H,3,5-6,13,18-21H2,1H3,(H,40,45)(H,42,43)(H2,36,38,39)/t25-,26-,27+,34+,51-/m0/s1. The van der Waals surface area contributed by atoms with E-state index in [1.807, 2.05) is 0 Å². The van der Waals surface area contributed by atoms with E-state index >= 15 is 0 Å². The van der Waals surface area contributed by atoms with Gasteiger partial charge in [0.2, 0.25) is 0 Å². The van der Waals surface area contributed by atoms with Crippen LogP contribution in [-0.4, -0.2) is 67.7 Å². The maximum absolute atomic E-state index is 14.5. The number of nitrogen functional groups attached to an aromatic ring is 1. The van der Waals surface area contributed by atoms with E-state index in [9.17, 15) is 23.7 Å². The van der Waals surface area contributed by atoms with Crippen molar-refractivity contribution in [1.29, 1.82) is 0 Å². The molecule has 270 valence electrons. The molecule has 0 saturated carbocycles. The number of aliphatic carboxylic acids is 1. The number of halogens is 1. The van der Waals surface area contributed by atoms with Crippen LogP contribution in [0.25, 0.3) is 11.2 Å². The Morgan fingerprint density at radius 3 is 2.59 bits per heavy atom. The lowest BCUT2D eigenvalue weighted by molar-refractivity contribution is -0.139. The molecule has 0 unspecified atom stereocenters. The number of nitrogens with two attached hydrogens (primary N) is 1. The van der Waals surface area contributed by atoms with Crippen LogP contribution >= 0.6 is 7.75 Å². The lowest BCUT2D eigenvalue weighted by Gasteiger charge is -2.31. The summed E-state index contributed by atoms with van der Waals surface area (Å²) in [5.41, 5.74) is 4.58. The SMILES string of the molecule is C#C[C@]1(CO[P@@](=O)(N[C@@H](Cc2ccccc2)C(=O)O)Oc2ccccc2)O[C@@H](n2cnc3c(N)nc(F)nc32)C[C@@H]1OC(=O)OCCCCCC. The predicted molar refractivity (Wildman–Crippen MR) is 182 cm³/mol. The Morgan fingerprint density at radius 1 is 1.18 bits per heavy atom. The second kappa shape index (κ2) is 16.8. The third kappa shape index (κ3) is 9.39. The highest BCUT2D eigenvalue weighted by molar-refractivity contribution is 7.52. The number of hydrogen-bond donors (Lipinski definition) is 3. The number of carboxylic acids is 1. The monoisotopic (exact) mass is 724 g/mol. The summed E-state index contributed by atoms with van der Waals surface area (Å²) < 4.78 is 58.9. The van der Waals surface area contributed by atoms with Gasteiger partial charge in [-0.05, 0) is 30.5 Å². The number of carbonyl (C=O) groups excluding carboxylic acids is 1. The molecule has 1 fully saturated rings. The van der Waals surface area contributed by atoms with Gasteiger partial charge in [-0.3, -0.25) is 13.9 Å². The minimum Gasteiger partial charge on any atom is -0.480 e. The van der Waals surface area contributed by atoms with Crippen molar-refractivity contribution in [2.24, 2.45) is 0 Å². The number of terminal acetylenes is 1. The summed E-state index contributed by atoms with van der Waals surface area (Å²) in [7, 11) is -4.60. The first-order chi connectivity index (χ1) is 24.5. The number of fused-ring (bicyclic) bond motifs is 1. The largest absolute Gasteiger partial charge is 0.508 e. The number of benzene rings is 2. The summed E-state index contributed by atoms with van der Waals surface area (Å²) in [5, 5.41) is 12.6. The number of nitrogens with one attached hydrogen (secondary N) is 1. The van der Waals surface area contributed by atoms with Gasteiger partial charge >= 0.3 is 25.9 Å². The van der Waals surface area contributed by atoms with Crippen molar-refractivity contribution in [3.8, 4) is 18.1 Å². The van der Waals surface area contributed by atoms with Crippen LogP contribution in [0.2, 0.25) is 0 Å². The lowest BCUT2D eigenvalue weighted by atomic mass is 9.99. The fourth-order valence-corrected chi connectivity index (χ4v) is 6.95. The van der Waals surface area contributed by atoms with Crippen molar-refractivity contribution in [1.82, 2.24) is 24.6 Å². The van der Waals surface area contributed by atoms with Crippen molar-refractivity contribution in [3.63, 3.8) is 0 Å². The van der Waals surface area contributed by atoms with Gasteiger partial charge in [0.25, 0.3) is 0 Å². The third-order valence-electron chi connectivity index (χ3n) is 8.03. The van der Waals surface area contributed by atoms with Crippen molar-refractivity contribution in [2.75, 3.05) is 18.9 Å². The van der Waals surface area contributed by atoms with Gasteiger partial charge < -0.3 is 29.6 Å². The summed E-state index contributed by atoms with van der Waals surface area (Å²) in [5.74, 6) is 1.02. The molecular formula is C34H38FN6O9P. The first-order valence-electron chi connectivity index (χ1n) is 16.2. The van der Waals surface area contributed by atoms with E-state index < -0.39 is 56.5 Å². The Bertz CT molecular complexity index is 1890. The fraction of sp³-hybridized carbons (Fsp3) is 0.382. The molecule has 1 aliphatic heterocycles. The lowest BCUT2D eigenvalue weighted by Crippen LogP contribution is -2.46. The van der Waals surface area contributed by atoms with Gasteiger partial charge in [-0.25, -0.2) is 14.3 Å². The van der Waals surface area contributed by atoms with E-state index in [4.69, 9.17) is 35.4 Å². The number of hydrogen-bond acceptors (Lipinski definition) is 12. The molecule has 4 N–H and O–H groups in total. The quantitative estimate of drug-likeness (QED) is 0.0409. The van der Waals surface area contributed by atoms with E-state index in [1.165, 1.54) is 23.0 Å². The molecule has 0 amide bonds. The second-order valence-electron chi connectivity index (χ2n) is 11.7. The number of unbranched alkanes of at least 4 members (excludes halogenated alkanes) is 3. The molecule has 0 bridgehead atoms. The van der Waals surface area contributed by atoms with Crippen LogP contribution in [0.3, 0.4) is 0 Å². The Labute approximate surface area is 293 Å². The molecule has 1 saturated heterocycles. The molecule has 0 spiro atoms. The van der Waals surface area contributed by atoms with Crippen molar-refractivity contribution in [2.45, 2.75) is 69.4 Å². The van der Waals surface area contributed by atoms with Gasteiger partial charge in [0.1, 0.15) is 24.6 Å². The Kier molecular flexibility index (Phi) is 12.2. The van der Waals surface area contributed by atoms with Crippen LogP contribution in [0.15, 0.2) is 67.0 Å². The van der Waals surface area contributed by atoms with Gasteiger partial charge in [0.05, 0.1) is 12.9 Å². The van der Waals surface area contributed by atoms with Crippen LogP contribution < -0.4 is 15.3 Å². The number of para-hydroxylation sites is 1. The summed E-state index contributed by atoms with van der Waals surface area (Å²) in [6, 6.07) is 15.2. The van der Waals surface area contributed by atoms with Crippen LogP contribution in [0.4, 0.5) is 15.0 Å². The number of anilines is 1. The van der Waals surface area contributed by atoms with E-state index in [1.54, 1.807) is 48.5 Å². The van der Waals surface area contributed by atoms with Crippen LogP contribution in [0.5, 0.6) is 5.75 Å². The van der Waals surface area contributed by atoms with E-state index in [2.05, 4.69) is 32.9 Å². The zero-order valence-corrected chi connectivity index (χ0v) is 28.6. The average molecular weight is 725 g/mol. The normalized spacial score (nSPS) is 20.3. The molecule has 3 heterocycles. The number of carboxylic acid groups (broad SMARTS) is 1. The highest BCUT2D eigenvalue weighted by Crippen LogP contribution is 2.48. The second-order valence-corrected chi connectivity index (χ2v) is 13.4. The van der Waals surface area contributed by atoms with E-state index in [0.29, 0.717) is 12.0 Å². The molecule has 51 heavy (non-hydrogen) atoms. The van der Waals surface area contributed by atoms with Crippen LogP contribution in [0.1, 0.15) is 50.8 Å². The average Bonchev–Trinajstić information content (AvgIpc) is 3.69. The Hall–Kier alpha value is -5.07. The van der Waals surface area contributed by atoms with Crippen molar-refractivity contribution >= 4 is 36.9 Å². The third-order valence-corrected chi connectivity index (χ3v) is 9.57. The molecule has 0 radical (unpaired) electrons. The molecule has 5 atom stereocenters. The summed E-state index contributed by atoms with van der Waals surface area (Å²) in [4.78, 5) is 36.7. The fourth-order valence-electron chi connectivity index (χ4n) is 5.43.